The quantitative estimate of drug-likeness (QED) is 0.0138. The van der Waals surface area contributed by atoms with Crippen molar-refractivity contribution >= 4 is 30.1 Å². The average Bonchev–Trinajstić information content (AvgIpc) is 1.59. The number of hydrogen-bond donors (Lipinski definition) is 0. The number of benzene rings is 4. The summed E-state index contributed by atoms with van der Waals surface area (Å²) < 4.78 is 170. The van der Waals surface area contributed by atoms with Gasteiger partial charge in [-0.15, -0.1) is 0 Å². The molecule has 2 fully saturated rings. The van der Waals surface area contributed by atoms with Gasteiger partial charge in [-0.1, -0.05) is 128 Å². The van der Waals surface area contributed by atoms with Crippen molar-refractivity contribution in [1.29, 1.82) is 5.26 Å². The van der Waals surface area contributed by atoms with E-state index < -0.39 is 51.3 Å². The third kappa shape index (κ3) is 20.6. The van der Waals surface area contributed by atoms with E-state index in [4.69, 9.17) is 32.7 Å². The molecule has 23 heteroatoms. The van der Waals surface area contributed by atoms with Crippen LogP contribution in [0.2, 0.25) is 0 Å². The van der Waals surface area contributed by atoms with Crippen molar-refractivity contribution in [2.45, 2.75) is 185 Å². The Hall–Kier alpha value is -4.01. The van der Waals surface area contributed by atoms with Crippen molar-refractivity contribution < 1.29 is 77.0 Å². The molecule has 95 heavy (non-hydrogen) atoms. The molecule has 2 saturated carbocycles. The summed E-state index contributed by atoms with van der Waals surface area (Å²) in [6.45, 7) is 11.1. The standard InChI is InChI=1S/C72H99F9N3O8PS2/c1-8-84(53(2)3)93(91-46-20-41-82)92-52-54(51-90-68(56-23-15-13-16-24-56,57-26-30-59(85-6)31-27-57)58-28-32-60(86-7)33-29-58)22-14-9-11-18-48-94-95-49-19-12-10-17-42-83(5)43-47-87-61-34-36-62-55(50-61)25-35-64-63(62)39-40-67(4)65(64)37-38-66(67)88-44-21-45-89-69(70(73,74)75,71(76,77)78)72(79,80)81/h13,15-16,23-24,26-34,36,50,53-54,63-66H,8-12,14,17-22,25,35,37-40,42-49,51-52H2,1-7H3. The van der Waals surface area contributed by atoms with Gasteiger partial charge in [-0.3, -0.25) is 0 Å². The number of rotatable bonds is 42. The molecule has 0 aliphatic heterocycles. The summed E-state index contributed by atoms with van der Waals surface area (Å²) in [5, 5.41) is 9.34. The molecule has 0 radical (unpaired) electrons. The summed E-state index contributed by atoms with van der Waals surface area (Å²) in [6.07, 6.45) is -5.70. The van der Waals surface area contributed by atoms with Gasteiger partial charge < -0.3 is 42.4 Å². The Morgan fingerprint density at radius 2 is 1.24 bits per heavy atom. The van der Waals surface area contributed by atoms with Gasteiger partial charge in [0.2, 0.25) is 0 Å². The molecule has 0 amide bonds. The summed E-state index contributed by atoms with van der Waals surface area (Å²) in [5.74, 6) is 5.69. The number of alkyl halides is 9. The molecule has 0 saturated heterocycles. The molecule has 0 spiro atoms. The summed E-state index contributed by atoms with van der Waals surface area (Å²) in [6, 6.07) is 35.4. The van der Waals surface area contributed by atoms with Crippen LogP contribution >= 0.6 is 30.1 Å². The van der Waals surface area contributed by atoms with E-state index >= 15 is 0 Å². The Bertz CT molecular complexity index is 2830. The summed E-state index contributed by atoms with van der Waals surface area (Å²) in [5.41, 5.74) is -1.95. The van der Waals surface area contributed by atoms with E-state index in [1.54, 1.807) is 14.2 Å². The number of methoxy groups -OCH3 is 2. The minimum absolute atomic E-state index is 0.0488. The largest absolute Gasteiger partial charge is 0.497 e. The number of nitrogens with zero attached hydrogens (tertiary/aromatic N) is 3. The van der Waals surface area contributed by atoms with Crippen LogP contribution in [0.15, 0.2) is 97.1 Å². The van der Waals surface area contributed by atoms with Crippen LogP contribution in [0.5, 0.6) is 17.2 Å². The fraction of sp³-hybridized carbons (Fsp3) is 0.653. The van der Waals surface area contributed by atoms with Gasteiger partial charge in [0, 0.05) is 43.2 Å². The summed E-state index contributed by atoms with van der Waals surface area (Å²) in [7, 11) is 8.04. The van der Waals surface area contributed by atoms with E-state index in [0.29, 0.717) is 57.0 Å². The predicted octanol–water partition coefficient (Wildman–Crippen LogP) is 19.5. The van der Waals surface area contributed by atoms with Crippen molar-refractivity contribution in [2.75, 3.05) is 92.0 Å². The molecular weight excluding hydrogens is 1300 g/mol. The van der Waals surface area contributed by atoms with Crippen molar-refractivity contribution in [2.24, 2.45) is 23.2 Å². The van der Waals surface area contributed by atoms with Crippen molar-refractivity contribution in [3.63, 3.8) is 0 Å². The number of halogens is 9. The van der Waals surface area contributed by atoms with E-state index in [2.05, 4.69) is 110 Å². The molecule has 4 aromatic rings. The van der Waals surface area contributed by atoms with Crippen LogP contribution in [0.3, 0.4) is 0 Å². The molecule has 7 unspecified atom stereocenters. The van der Waals surface area contributed by atoms with Crippen molar-refractivity contribution in [3.8, 4) is 23.3 Å². The highest BCUT2D eigenvalue weighted by molar-refractivity contribution is 8.76. The van der Waals surface area contributed by atoms with Gasteiger partial charge in [-0.05, 0) is 185 Å². The lowest BCUT2D eigenvalue weighted by Gasteiger charge is -2.50. The third-order valence-electron chi connectivity index (χ3n) is 19.3. The highest BCUT2D eigenvalue weighted by Gasteiger charge is 2.85. The van der Waals surface area contributed by atoms with E-state index in [1.807, 2.05) is 64.1 Å². The Balaban J connectivity index is 0.784. The fourth-order valence-electron chi connectivity index (χ4n) is 14.2. The van der Waals surface area contributed by atoms with Crippen LogP contribution in [0.4, 0.5) is 39.5 Å². The molecule has 4 aromatic carbocycles. The second-order valence-electron chi connectivity index (χ2n) is 25.9. The van der Waals surface area contributed by atoms with Gasteiger partial charge in [0.05, 0.1) is 59.2 Å². The Kier molecular flexibility index (Phi) is 30.9. The van der Waals surface area contributed by atoms with Gasteiger partial charge in [0.1, 0.15) is 29.5 Å². The normalized spacial score (nSPS) is 19.9. The Morgan fingerprint density at radius 3 is 1.83 bits per heavy atom. The Labute approximate surface area is 567 Å². The lowest BCUT2D eigenvalue weighted by molar-refractivity contribution is -0.457. The number of likely N-dealkylation sites (N-methyl/N-ethyl adjacent to an activating group) is 1. The first-order valence-electron chi connectivity index (χ1n) is 33.8. The number of ether oxygens (including phenoxy) is 6. The topological polar surface area (TPSA) is 104 Å². The van der Waals surface area contributed by atoms with Crippen molar-refractivity contribution in [1.82, 2.24) is 9.57 Å². The maximum absolute atomic E-state index is 13.3. The molecule has 0 N–H and O–H groups in total. The molecule has 7 atom stereocenters. The number of unbranched alkanes of at least 4 members (excludes halogenated alkanes) is 6. The first-order valence-corrected chi connectivity index (χ1v) is 37.4. The van der Waals surface area contributed by atoms with Gasteiger partial charge in [0.25, 0.3) is 8.53 Å². The average molecular weight is 1400 g/mol. The van der Waals surface area contributed by atoms with E-state index in [1.165, 1.54) is 30.4 Å². The summed E-state index contributed by atoms with van der Waals surface area (Å²) in [4.78, 5) is 2.32. The smallest absolute Gasteiger partial charge is 0.435 e. The van der Waals surface area contributed by atoms with Crippen LogP contribution < -0.4 is 14.2 Å². The highest BCUT2D eigenvalue weighted by Crippen LogP contribution is 2.62. The molecule has 3 aliphatic rings. The minimum atomic E-state index is -6.75. The molecule has 0 heterocycles. The number of aryl methyl sites for hydroxylation is 1. The molecular formula is C72H99F9N3O8PS2. The third-order valence-corrected chi connectivity index (χ3v) is 23.9. The van der Waals surface area contributed by atoms with Gasteiger partial charge in [0.15, 0.2) is 0 Å². The number of fused-ring (bicyclic) bond motifs is 5. The van der Waals surface area contributed by atoms with E-state index in [-0.39, 0.29) is 30.1 Å². The number of hydrogen-bond acceptors (Lipinski definition) is 13. The lowest BCUT2D eigenvalue weighted by atomic mass is 9.55. The predicted molar refractivity (Wildman–Crippen MR) is 360 cm³/mol. The number of nitriles is 1. The zero-order valence-electron chi connectivity index (χ0n) is 56.3. The van der Waals surface area contributed by atoms with Gasteiger partial charge in [-0.2, -0.15) is 44.8 Å². The summed E-state index contributed by atoms with van der Waals surface area (Å²) >= 11 is 0. The maximum Gasteiger partial charge on any atom is 0.435 e. The Morgan fingerprint density at radius 1 is 0.642 bits per heavy atom. The van der Waals surface area contributed by atoms with Crippen LogP contribution in [0, 0.1) is 34.5 Å². The SMILES string of the molecule is CCN(C(C)C)P(OCCC#N)OCC(CCCCCCSSCCCCCCN(C)CCOc1ccc2c(c1)CCC1C2CCC2(C)C(OCCCOC(C(F)(F)F)(C(F)(F)F)C(F)(F)F)CCC12)COC(c1ccccc1)(c1ccc(OC)cc1)c1ccc(OC)cc1. The molecule has 7 rings (SSSR count). The van der Waals surface area contributed by atoms with Crippen LogP contribution in [0.1, 0.15) is 164 Å². The second-order valence-corrected chi connectivity index (χ2v) is 30.1. The van der Waals surface area contributed by atoms with Crippen LogP contribution in [-0.2, 0) is 35.3 Å². The van der Waals surface area contributed by atoms with Gasteiger partial charge >= 0.3 is 24.1 Å². The van der Waals surface area contributed by atoms with Crippen LogP contribution in [0.25, 0.3) is 0 Å². The molecule has 530 valence electrons. The zero-order valence-corrected chi connectivity index (χ0v) is 58.8. The lowest BCUT2D eigenvalue weighted by Crippen LogP contribution is -2.67. The first kappa shape index (κ1) is 78.3. The van der Waals surface area contributed by atoms with Gasteiger partial charge in [-0.25, -0.2) is 4.67 Å². The zero-order chi connectivity index (χ0) is 68.7. The second kappa shape index (κ2) is 37.4. The minimum Gasteiger partial charge on any atom is -0.497 e. The maximum atomic E-state index is 13.3. The van der Waals surface area contributed by atoms with E-state index in [0.717, 1.165) is 136 Å². The molecule has 0 aromatic heterocycles. The van der Waals surface area contributed by atoms with Crippen LogP contribution in [-0.4, -0.2) is 138 Å². The molecule has 0 bridgehead atoms. The fourth-order valence-corrected chi connectivity index (χ4v) is 18.1. The van der Waals surface area contributed by atoms with Crippen molar-refractivity contribution in [3.05, 3.63) is 125 Å². The molecule has 11 nitrogen and oxygen atoms in total. The highest BCUT2D eigenvalue weighted by atomic mass is 33.1. The molecule has 3 aliphatic carbocycles. The van der Waals surface area contributed by atoms with E-state index in [9.17, 15) is 44.8 Å². The first-order chi connectivity index (χ1) is 45.5. The monoisotopic (exact) mass is 1400 g/mol.